The largest absolute Gasteiger partial charge is 0.310 e. The van der Waals surface area contributed by atoms with E-state index >= 15 is 0 Å². The van der Waals surface area contributed by atoms with E-state index in [-0.39, 0.29) is 0 Å². The fourth-order valence-corrected chi connectivity index (χ4v) is 2.14. The first kappa shape index (κ1) is 12.5. The van der Waals surface area contributed by atoms with Crippen molar-refractivity contribution < 1.29 is 0 Å². The van der Waals surface area contributed by atoms with Gasteiger partial charge in [-0.2, -0.15) is 0 Å². The molecule has 2 heteroatoms. The molecule has 0 aliphatic heterocycles. The minimum absolute atomic E-state index is 0.377. The van der Waals surface area contributed by atoms with Crippen molar-refractivity contribution in [3.63, 3.8) is 0 Å². The molecule has 84 valence electrons. The maximum atomic E-state index is 6.27. The van der Waals surface area contributed by atoms with Gasteiger partial charge in [0.25, 0.3) is 0 Å². The highest BCUT2D eigenvalue weighted by atomic mass is 35.5. The molecule has 0 fully saturated rings. The summed E-state index contributed by atoms with van der Waals surface area (Å²) in [7, 11) is 0. The first-order valence-electron chi connectivity index (χ1n) is 5.60. The van der Waals surface area contributed by atoms with Crippen LogP contribution in [0.2, 0.25) is 5.02 Å². The molecule has 0 bridgehead atoms. The lowest BCUT2D eigenvalue weighted by Crippen LogP contribution is -2.20. The van der Waals surface area contributed by atoms with Crippen LogP contribution < -0.4 is 5.32 Å². The van der Waals surface area contributed by atoms with Crippen LogP contribution in [0.15, 0.2) is 12.1 Å². The third-order valence-corrected chi connectivity index (χ3v) is 3.17. The molecule has 0 radical (unpaired) electrons. The zero-order valence-electron chi connectivity index (χ0n) is 10.0. The summed E-state index contributed by atoms with van der Waals surface area (Å²) >= 11 is 6.27. The Kier molecular flexibility index (Phi) is 4.62. The molecule has 1 unspecified atom stereocenters. The Morgan fingerprint density at radius 1 is 1.20 bits per heavy atom. The summed E-state index contributed by atoms with van der Waals surface area (Å²) in [6.07, 6.45) is 1.07. The van der Waals surface area contributed by atoms with Crippen LogP contribution in [0.1, 0.15) is 43.0 Å². The number of rotatable bonds is 4. The zero-order valence-corrected chi connectivity index (χ0v) is 10.8. The van der Waals surface area contributed by atoms with Gasteiger partial charge in [-0.05, 0) is 49.6 Å². The van der Waals surface area contributed by atoms with E-state index in [9.17, 15) is 0 Å². The standard InChI is InChI=1S/C13H20ClN/c1-5-13(15-6-2)11-7-9(3)10(4)8-12(11)14/h7-8,13,15H,5-6H2,1-4H3. The highest BCUT2D eigenvalue weighted by Crippen LogP contribution is 2.28. The Bertz CT molecular complexity index is 334. The van der Waals surface area contributed by atoms with Crippen LogP contribution in [-0.4, -0.2) is 6.54 Å². The maximum absolute atomic E-state index is 6.27. The van der Waals surface area contributed by atoms with Gasteiger partial charge in [0.05, 0.1) is 0 Å². The molecule has 1 atom stereocenters. The Hall–Kier alpha value is -0.530. The van der Waals surface area contributed by atoms with Crippen LogP contribution >= 0.6 is 11.6 Å². The fraction of sp³-hybridized carbons (Fsp3) is 0.538. The molecule has 0 heterocycles. The van der Waals surface area contributed by atoms with Crippen LogP contribution in [0, 0.1) is 13.8 Å². The van der Waals surface area contributed by atoms with E-state index in [2.05, 4.69) is 45.1 Å². The molecule has 0 spiro atoms. The van der Waals surface area contributed by atoms with Crippen molar-refractivity contribution in [2.75, 3.05) is 6.54 Å². The first-order chi connectivity index (χ1) is 7.10. The Morgan fingerprint density at radius 2 is 1.80 bits per heavy atom. The Morgan fingerprint density at radius 3 is 2.33 bits per heavy atom. The van der Waals surface area contributed by atoms with Gasteiger partial charge in [-0.15, -0.1) is 0 Å². The zero-order chi connectivity index (χ0) is 11.4. The molecule has 0 aromatic heterocycles. The van der Waals surface area contributed by atoms with Gasteiger partial charge >= 0.3 is 0 Å². The third-order valence-electron chi connectivity index (χ3n) is 2.85. The van der Waals surface area contributed by atoms with E-state index in [1.165, 1.54) is 16.7 Å². The van der Waals surface area contributed by atoms with Crippen molar-refractivity contribution in [2.24, 2.45) is 0 Å². The van der Waals surface area contributed by atoms with Crippen molar-refractivity contribution >= 4 is 11.6 Å². The highest BCUT2D eigenvalue weighted by Gasteiger charge is 2.12. The average molecular weight is 226 g/mol. The summed E-state index contributed by atoms with van der Waals surface area (Å²) in [5, 5.41) is 4.33. The van der Waals surface area contributed by atoms with E-state index in [1.807, 2.05) is 0 Å². The normalized spacial score (nSPS) is 12.9. The van der Waals surface area contributed by atoms with Gasteiger partial charge in [0.2, 0.25) is 0 Å². The van der Waals surface area contributed by atoms with E-state index in [1.54, 1.807) is 0 Å². The van der Waals surface area contributed by atoms with Crippen molar-refractivity contribution in [3.05, 3.63) is 33.8 Å². The number of nitrogens with one attached hydrogen (secondary N) is 1. The van der Waals surface area contributed by atoms with Gasteiger partial charge in [-0.1, -0.05) is 31.5 Å². The molecule has 0 amide bonds. The first-order valence-corrected chi connectivity index (χ1v) is 5.98. The molecule has 15 heavy (non-hydrogen) atoms. The van der Waals surface area contributed by atoms with Crippen molar-refractivity contribution in [2.45, 2.75) is 40.2 Å². The summed E-state index contributed by atoms with van der Waals surface area (Å²) in [6.45, 7) is 9.51. The number of benzene rings is 1. The van der Waals surface area contributed by atoms with Crippen LogP contribution in [0.4, 0.5) is 0 Å². The lowest BCUT2D eigenvalue weighted by atomic mass is 9.99. The summed E-state index contributed by atoms with van der Waals surface area (Å²) in [4.78, 5) is 0. The molecule has 1 N–H and O–H groups in total. The molecule has 0 aliphatic rings. The molecule has 1 aromatic carbocycles. The van der Waals surface area contributed by atoms with Gasteiger partial charge in [-0.3, -0.25) is 0 Å². The number of hydrogen-bond donors (Lipinski definition) is 1. The van der Waals surface area contributed by atoms with E-state index in [4.69, 9.17) is 11.6 Å². The monoisotopic (exact) mass is 225 g/mol. The molecular weight excluding hydrogens is 206 g/mol. The van der Waals surface area contributed by atoms with Crippen molar-refractivity contribution in [1.82, 2.24) is 5.32 Å². The van der Waals surface area contributed by atoms with E-state index in [0.29, 0.717) is 6.04 Å². The van der Waals surface area contributed by atoms with E-state index < -0.39 is 0 Å². The molecule has 0 saturated heterocycles. The van der Waals surface area contributed by atoms with Gasteiger partial charge in [0.1, 0.15) is 0 Å². The number of hydrogen-bond acceptors (Lipinski definition) is 1. The van der Waals surface area contributed by atoms with Gasteiger partial charge in [0, 0.05) is 11.1 Å². The minimum Gasteiger partial charge on any atom is -0.310 e. The summed E-state index contributed by atoms with van der Waals surface area (Å²) in [6, 6.07) is 4.64. The molecular formula is C13H20ClN. The van der Waals surface area contributed by atoms with E-state index in [0.717, 1.165) is 18.0 Å². The molecule has 0 aliphatic carbocycles. The van der Waals surface area contributed by atoms with Gasteiger partial charge in [-0.25, -0.2) is 0 Å². The second-order valence-electron chi connectivity index (χ2n) is 3.98. The second-order valence-corrected chi connectivity index (χ2v) is 4.38. The second kappa shape index (κ2) is 5.53. The fourth-order valence-electron chi connectivity index (χ4n) is 1.79. The lowest BCUT2D eigenvalue weighted by molar-refractivity contribution is 0.537. The molecule has 0 saturated carbocycles. The third kappa shape index (κ3) is 2.96. The summed E-state index contributed by atoms with van der Waals surface area (Å²) in [5.74, 6) is 0. The SMILES string of the molecule is CCNC(CC)c1cc(C)c(C)cc1Cl. The lowest BCUT2D eigenvalue weighted by Gasteiger charge is -2.19. The van der Waals surface area contributed by atoms with Crippen molar-refractivity contribution in [3.8, 4) is 0 Å². The van der Waals surface area contributed by atoms with Crippen LogP contribution in [-0.2, 0) is 0 Å². The number of halogens is 1. The van der Waals surface area contributed by atoms with Gasteiger partial charge in [0.15, 0.2) is 0 Å². The highest BCUT2D eigenvalue weighted by molar-refractivity contribution is 6.31. The summed E-state index contributed by atoms with van der Waals surface area (Å²) in [5.41, 5.74) is 3.80. The van der Waals surface area contributed by atoms with Crippen LogP contribution in [0.5, 0.6) is 0 Å². The maximum Gasteiger partial charge on any atom is 0.0456 e. The van der Waals surface area contributed by atoms with Crippen LogP contribution in [0.25, 0.3) is 0 Å². The molecule has 1 rings (SSSR count). The van der Waals surface area contributed by atoms with Gasteiger partial charge < -0.3 is 5.32 Å². The quantitative estimate of drug-likeness (QED) is 0.816. The minimum atomic E-state index is 0.377. The predicted molar refractivity (Wildman–Crippen MR) is 67.6 cm³/mol. The molecule has 1 aromatic rings. The predicted octanol–water partition coefficient (Wildman–Crippen LogP) is 4.02. The molecule has 1 nitrogen and oxygen atoms in total. The Balaban J connectivity index is 3.06. The van der Waals surface area contributed by atoms with Crippen LogP contribution in [0.3, 0.4) is 0 Å². The van der Waals surface area contributed by atoms with Crippen molar-refractivity contribution in [1.29, 1.82) is 0 Å². The topological polar surface area (TPSA) is 12.0 Å². The Labute approximate surface area is 97.8 Å². The average Bonchev–Trinajstić information content (AvgIpc) is 2.20. The number of aryl methyl sites for hydroxylation is 2. The smallest absolute Gasteiger partial charge is 0.0456 e. The summed E-state index contributed by atoms with van der Waals surface area (Å²) < 4.78 is 0.